The van der Waals surface area contributed by atoms with Crippen molar-refractivity contribution < 1.29 is 9.47 Å². The molecule has 1 heterocycles. The van der Waals surface area contributed by atoms with Gasteiger partial charge in [-0.1, -0.05) is 6.07 Å². The Morgan fingerprint density at radius 3 is 2.44 bits per heavy atom. The summed E-state index contributed by atoms with van der Waals surface area (Å²) in [7, 11) is 3.19. The van der Waals surface area contributed by atoms with Crippen LogP contribution >= 0.6 is 0 Å². The first-order chi connectivity index (χ1) is 8.65. The molecule has 2 aromatic rings. The normalized spacial score (nSPS) is 10.2. The fourth-order valence-electron chi connectivity index (χ4n) is 1.71. The number of aromatic nitrogens is 2. The van der Waals surface area contributed by atoms with Crippen molar-refractivity contribution in [3.8, 4) is 22.6 Å². The van der Waals surface area contributed by atoms with E-state index in [2.05, 4.69) is 9.97 Å². The maximum absolute atomic E-state index is 5.89. The molecule has 0 saturated heterocycles. The van der Waals surface area contributed by atoms with Gasteiger partial charge in [-0.3, -0.25) is 0 Å². The van der Waals surface area contributed by atoms with E-state index in [0.29, 0.717) is 23.1 Å². The SMILES string of the molecule is COc1ccc(-c2cnc(C)nc2N)cc1OC. The molecule has 0 amide bonds. The number of ether oxygens (including phenoxy) is 2. The van der Waals surface area contributed by atoms with E-state index >= 15 is 0 Å². The summed E-state index contributed by atoms with van der Waals surface area (Å²) in [5.41, 5.74) is 7.57. The summed E-state index contributed by atoms with van der Waals surface area (Å²) >= 11 is 0. The second-order valence-electron chi connectivity index (χ2n) is 3.79. The molecule has 18 heavy (non-hydrogen) atoms. The van der Waals surface area contributed by atoms with Crippen LogP contribution in [0.1, 0.15) is 5.82 Å². The van der Waals surface area contributed by atoms with E-state index < -0.39 is 0 Å². The third-order valence-electron chi connectivity index (χ3n) is 2.63. The van der Waals surface area contributed by atoms with Crippen molar-refractivity contribution in [3.63, 3.8) is 0 Å². The highest BCUT2D eigenvalue weighted by Gasteiger charge is 2.09. The average Bonchev–Trinajstić information content (AvgIpc) is 2.38. The molecule has 0 spiro atoms. The summed E-state index contributed by atoms with van der Waals surface area (Å²) in [4.78, 5) is 8.29. The van der Waals surface area contributed by atoms with Gasteiger partial charge in [0.15, 0.2) is 11.5 Å². The standard InChI is InChI=1S/C13H15N3O2/c1-8-15-7-10(13(14)16-8)9-4-5-11(17-2)12(6-9)18-3/h4-7H,1-3H3,(H2,14,15,16). The second kappa shape index (κ2) is 4.91. The number of rotatable bonds is 3. The van der Waals surface area contributed by atoms with Crippen molar-refractivity contribution in [1.29, 1.82) is 0 Å². The Hall–Kier alpha value is -2.30. The fourth-order valence-corrected chi connectivity index (χ4v) is 1.71. The third-order valence-corrected chi connectivity index (χ3v) is 2.63. The fraction of sp³-hybridized carbons (Fsp3) is 0.231. The lowest BCUT2D eigenvalue weighted by Crippen LogP contribution is -1.98. The van der Waals surface area contributed by atoms with Gasteiger partial charge in [-0.15, -0.1) is 0 Å². The minimum Gasteiger partial charge on any atom is -0.493 e. The average molecular weight is 245 g/mol. The van der Waals surface area contributed by atoms with Crippen molar-refractivity contribution in [2.75, 3.05) is 20.0 Å². The zero-order valence-electron chi connectivity index (χ0n) is 10.6. The number of nitrogens with zero attached hydrogens (tertiary/aromatic N) is 2. The van der Waals surface area contributed by atoms with E-state index in [0.717, 1.165) is 11.1 Å². The minimum atomic E-state index is 0.453. The van der Waals surface area contributed by atoms with Crippen LogP contribution < -0.4 is 15.2 Å². The molecule has 94 valence electrons. The Morgan fingerprint density at radius 2 is 1.83 bits per heavy atom. The smallest absolute Gasteiger partial charge is 0.161 e. The molecular formula is C13H15N3O2. The number of hydrogen-bond acceptors (Lipinski definition) is 5. The molecule has 2 N–H and O–H groups in total. The summed E-state index contributed by atoms with van der Waals surface area (Å²) in [6.07, 6.45) is 1.71. The van der Waals surface area contributed by atoms with Gasteiger partial charge >= 0.3 is 0 Å². The molecule has 0 bridgehead atoms. The van der Waals surface area contributed by atoms with Gasteiger partial charge in [-0.05, 0) is 24.6 Å². The lowest BCUT2D eigenvalue weighted by molar-refractivity contribution is 0.355. The van der Waals surface area contributed by atoms with Crippen LogP contribution in [0.2, 0.25) is 0 Å². The topological polar surface area (TPSA) is 70.3 Å². The third kappa shape index (κ3) is 2.20. The van der Waals surface area contributed by atoms with Crippen LogP contribution in [0.5, 0.6) is 11.5 Å². The van der Waals surface area contributed by atoms with Gasteiger partial charge < -0.3 is 15.2 Å². The highest BCUT2D eigenvalue weighted by Crippen LogP contribution is 2.33. The Balaban J connectivity index is 2.51. The molecule has 0 atom stereocenters. The lowest BCUT2D eigenvalue weighted by atomic mass is 10.1. The van der Waals surface area contributed by atoms with Gasteiger partial charge in [0, 0.05) is 11.8 Å². The van der Waals surface area contributed by atoms with Gasteiger partial charge in [0.05, 0.1) is 14.2 Å². The predicted octanol–water partition coefficient (Wildman–Crippen LogP) is 2.05. The highest BCUT2D eigenvalue weighted by atomic mass is 16.5. The number of aryl methyl sites for hydroxylation is 1. The Kier molecular flexibility index (Phi) is 3.32. The molecule has 2 rings (SSSR count). The van der Waals surface area contributed by atoms with Crippen molar-refractivity contribution in [2.24, 2.45) is 0 Å². The Morgan fingerprint density at radius 1 is 1.11 bits per heavy atom. The van der Waals surface area contributed by atoms with Crippen molar-refractivity contribution in [2.45, 2.75) is 6.92 Å². The van der Waals surface area contributed by atoms with Crippen molar-refractivity contribution in [3.05, 3.63) is 30.2 Å². The zero-order valence-corrected chi connectivity index (χ0v) is 10.6. The van der Waals surface area contributed by atoms with E-state index in [4.69, 9.17) is 15.2 Å². The van der Waals surface area contributed by atoms with E-state index in [-0.39, 0.29) is 0 Å². The largest absolute Gasteiger partial charge is 0.493 e. The molecule has 0 radical (unpaired) electrons. The summed E-state index contributed by atoms with van der Waals surface area (Å²) in [5, 5.41) is 0. The van der Waals surface area contributed by atoms with Crippen LogP contribution in [-0.4, -0.2) is 24.2 Å². The number of benzene rings is 1. The van der Waals surface area contributed by atoms with Gasteiger partial charge in [-0.2, -0.15) is 0 Å². The maximum Gasteiger partial charge on any atom is 0.161 e. The van der Waals surface area contributed by atoms with Gasteiger partial charge in [0.2, 0.25) is 0 Å². The van der Waals surface area contributed by atoms with Crippen LogP contribution in [0.15, 0.2) is 24.4 Å². The monoisotopic (exact) mass is 245 g/mol. The maximum atomic E-state index is 5.89. The highest BCUT2D eigenvalue weighted by molar-refractivity contribution is 5.74. The van der Waals surface area contributed by atoms with Crippen molar-refractivity contribution in [1.82, 2.24) is 9.97 Å². The van der Waals surface area contributed by atoms with Crippen LogP contribution in [0.4, 0.5) is 5.82 Å². The molecule has 5 nitrogen and oxygen atoms in total. The summed E-state index contributed by atoms with van der Waals surface area (Å²) in [6.45, 7) is 1.80. The predicted molar refractivity (Wildman–Crippen MR) is 69.7 cm³/mol. The summed E-state index contributed by atoms with van der Waals surface area (Å²) in [6, 6.07) is 5.57. The summed E-state index contributed by atoms with van der Waals surface area (Å²) < 4.78 is 10.4. The number of methoxy groups -OCH3 is 2. The van der Waals surface area contributed by atoms with E-state index in [1.54, 1.807) is 27.3 Å². The number of nitrogens with two attached hydrogens (primary N) is 1. The van der Waals surface area contributed by atoms with E-state index in [1.165, 1.54) is 0 Å². The minimum absolute atomic E-state index is 0.453. The molecule has 0 fully saturated rings. The first kappa shape index (κ1) is 12.2. The van der Waals surface area contributed by atoms with Crippen LogP contribution in [0.3, 0.4) is 0 Å². The molecule has 5 heteroatoms. The van der Waals surface area contributed by atoms with Gasteiger partial charge in [-0.25, -0.2) is 9.97 Å². The van der Waals surface area contributed by atoms with Crippen molar-refractivity contribution >= 4 is 5.82 Å². The molecule has 0 unspecified atom stereocenters. The molecule has 0 saturated carbocycles. The van der Waals surface area contributed by atoms with Crippen LogP contribution in [0, 0.1) is 6.92 Å². The molecule has 0 aliphatic rings. The first-order valence-electron chi connectivity index (χ1n) is 5.47. The Bertz CT molecular complexity index is 570. The zero-order chi connectivity index (χ0) is 13.1. The molecule has 1 aromatic heterocycles. The molecular weight excluding hydrogens is 230 g/mol. The van der Waals surface area contributed by atoms with Crippen LogP contribution in [0.25, 0.3) is 11.1 Å². The van der Waals surface area contributed by atoms with Gasteiger partial charge in [0.25, 0.3) is 0 Å². The van der Waals surface area contributed by atoms with Gasteiger partial charge in [0.1, 0.15) is 11.6 Å². The van der Waals surface area contributed by atoms with Crippen LogP contribution in [-0.2, 0) is 0 Å². The Labute approximate surface area is 106 Å². The number of nitrogen functional groups attached to an aromatic ring is 1. The number of hydrogen-bond donors (Lipinski definition) is 1. The summed E-state index contributed by atoms with van der Waals surface area (Å²) in [5.74, 6) is 2.43. The molecule has 0 aliphatic heterocycles. The lowest BCUT2D eigenvalue weighted by Gasteiger charge is -2.10. The first-order valence-corrected chi connectivity index (χ1v) is 5.47. The van der Waals surface area contributed by atoms with E-state index in [1.807, 2.05) is 18.2 Å². The molecule has 1 aromatic carbocycles. The van der Waals surface area contributed by atoms with E-state index in [9.17, 15) is 0 Å². The molecule has 0 aliphatic carbocycles. The quantitative estimate of drug-likeness (QED) is 0.896. The second-order valence-corrected chi connectivity index (χ2v) is 3.79. The number of anilines is 1.